The molecule has 13 nitrogen and oxygen atoms in total. The molecule has 0 spiro atoms. The van der Waals surface area contributed by atoms with Gasteiger partial charge in [0.25, 0.3) is 17.5 Å². The van der Waals surface area contributed by atoms with Crippen LogP contribution in [0.15, 0.2) is 124 Å². The molecule has 0 radical (unpaired) electrons. The summed E-state index contributed by atoms with van der Waals surface area (Å²) >= 11 is 3.08. The number of thioether (sulfide) groups is 2. The van der Waals surface area contributed by atoms with Gasteiger partial charge in [-0.25, -0.2) is 9.59 Å². The first-order valence-electron chi connectivity index (χ1n) is 23.2. The van der Waals surface area contributed by atoms with Gasteiger partial charge < -0.3 is 25.4 Å². The number of allylic oxidation sites excluding steroid dienone is 10. The number of carbonyl (C=O) groups is 5. The molecule has 15 heteroatoms. The summed E-state index contributed by atoms with van der Waals surface area (Å²) in [6, 6.07) is 12.3. The van der Waals surface area contributed by atoms with Gasteiger partial charge in [-0.15, -0.1) is 0 Å². The number of nitro benzene ring substituents is 1. The molecule has 378 valence electrons. The van der Waals surface area contributed by atoms with Crippen LogP contribution in [0.5, 0.6) is 0 Å². The van der Waals surface area contributed by atoms with Crippen LogP contribution in [0.2, 0.25) is 0 Å². The number of nitrogens with one attached hydrogen (secondary N) is 3. The molecule has 0 aliphatic carbocycles. The van der Waals surface area contributed by atoms with Crippen molar-refractivity contribution in [3.8, 4) is 0 Å². The van der Waals surface area contributed by atoms with Crippen LogP contribution in [0.1, 0.15) is 127 Å². The van der Waals surface area contributed by atoms with Crippen molar-refractivity contribution >= 4 is 58.9 Å². The standard InChI is InChI=1S/C28H40N2O4S.C26H36N2O5S/c1-21(2)11-9-12-22(3)13-10-14-23(4)17-18-35-20-25(28(33)34-5)30-26(31)19-29-27(32)24-15-7-6-8-16-24;1-19(2)8-6-9-20(3)10-7-11-21(4)16-17-34-18-24(26(30)33-5)27-25(29)22-12-14-23(15-13-22)28(31)32/h6-8,11,13,15-17,25H,9-10,12,14,18-20H2,1-5H3,(H,29,32)(H,30,31);8,10,12-16,24H,6-7,9,11,17-18H2,1-5H3,(H,27,29)/b22-13+,23-17+;20-10+,21-16+. The van der Waals surface area contributed by atoms with Gasteiger partial charge in [-0.1, -0.05) is 88.1 Å². The van der Waals surface area contributed by atoms with E-state index in [0.29, 0.717) is 17.1 Å². The van der Waals surface area contributed by atoms with Gasteiger partial charge in [-0.2, -0.15) is 23.5 Å². The van der Waals surface area contributed by atoms with Crippen LogP contribution in [-0.2, 0) is 23.9 Å². The van der Waals surface area contributed by atoms with Gasteiger partial charge in [0, 0.05) is 46.3 Å². The lowest BCUT2D eigenvalue weighted by Gasteiger charge is -2.16. The third kappa shape index (κ3) is 29.7. The molecule has 0 aliphatic rings. The van der Waals surface area contributed by atoms with Gasteiger partial charge in [-0.05, 0) is 131 Å². The van der Waals surface area contributed by atoms with Crippen LogP contribution in [0, 0.1) is 10.1 Å². The summed E-state index contributed by atoms with van der Waals surface area (Å²) < 4.78 is 9.64. The first-order valence-corrected chi connectivity index (χ1v) is 25.6. The molecular formula is C54H76N4O9S2. The van der Waals surface area contributed by atoms with Crippen molar-refractivity contribution in [2.24, 2.45) is 0 Å². The van der Waals surface area contributed by atoms with E-state index in [-0.39, 0.29) is 23.7 Å². The zero-order valence-electron chi connectivity index (χ0n) is 42.4. The summed E-state index contributed by atoms with van der Waals surface area (Å²) in [6.07, 6.45) is 21.8. The Kier molecular flexibility index (Phi) is 32.3. The molecule has 69 heavy (non-hydrogen) atoms. The summed E-state index contributed by atoms with van der Waals surface area (Å²) in [5.41, 5.74) is 8.72. The molecule has 0 fully saturated rings. The van der Waals surface area contributed by atoms with Crippen molar-refractivity contribution in [1.82, 2.24) is 16.0 Å². The molecule has 2 rings (SSSR count). The number of esters is 2. The normalized spacial score (nSPS) is 12.6. The van der Waals surface area contributed by atoms with E-state index >= 15 is 0 Å². The molecule has 0 heterocycles. The highest BCUT2D eigenvalue weighted by atomic mass is 32.2. The maximum atomic E-state index is 12.5. The number of nitro groups is 1. The van der Waals surface area contributed by atoms with E-state index in [2.05, 4.69) is 108 Å². The lowest BCUT2D eigenvalue weighted by Crippen LogP contribution is -2.47. The second-order valence-corrected chi connectivity index (χ2v) is 19.2. The van der Waals surface area contributed by atoms with Gasteiger partial charge in [0.2, 0.25) is 5.91 Å². The summed E-state index contributed by atoms with van der Waals surface area (Å²) in [4.78, 5) is 71.2. The number of methoxy groups -OCH3 is 2. The van der Waals surface area contributed by atoms with Crippen LogP contribution >= 0.6 is 23.5 Å². The van der Waals surface area contributed by atoms with Crippen molar-refractivity contribution in [2.75, 3.05) is 43.8 Å². The Labute approximate surface area is 419 Å². The lowest BCUT2D eigenvalue weighted by atomic mass is 10.1. The molecule has 3 amide bonds. The van der Waals surface area contributed by atoms with E-state index in [1.165, 1.54) is 83.7 Å². The SMILES string of the molecule is COC(=O)C(CSC/C=C(\C)CC/C=C(\C)CCC=C(C)C)NC(=O)CNC(=O)c1ccccc1.COC(=O)C(CSC/C=C(\C)CC/C=C(\C)CCC=C(C)C)NC(=O)c1ccc([N+](=O)[O-])cc1. The molecular weight excluding hydrogens is 913 g/mol. The zero-order valence-corrected chi connectivity index (χ0v) is 44.1. The van der Waals surface area contributed by atoms with Crippen molar-refractivity contribution in [1.29, 1.82) is 0 Å². The predicted octanol–water partition coefficient (Wildman–Crippen LogP) is 11.2. The molecule has 2 aromatic rings. The number of benzene rings is 2. The summed E-state index contributed by atoms with van der Waals surface area (Å²) in [6.45, 7) is 16.8. The fourth-order valence-electron chi connectivity index (χ4n) is 6.15. The third-order valence-corrected chi connectivity index (χ3v) is 12.3. The number of carbonyl (C=O) groups excluding carboxylic acids is 5. The summed E-state index contributed by atoms with van der Waals surface area (Å²) in [5.74, 6) is -0.0982. The van der Waals surface area contributed by atoms with Crippen LogP contribution in [0.4, 0.5) is 5.69 Å². The van der Waals surface area contributed by atoms with E-state index < -0.39 is 40.8 Å². The predicted molar refractivity (Wildman–Crippen MR) is 285 cm³/mol. The largest absolute Gasteiger partial charge is 0.467 e. The van der Waals surface area contributed by atoms with Crippen molar-refractivity contribution in [3.05, 3.63) is 146 Å². The van der Waals surface area contributed by atoms with Gasteiger partial charge in [0.05, 0.1) is 25.7 Å². The fourth-order valence-corrected chi connectivity index (χ4v) is 8.13. The Bertz CT molecular complexity index is 2120. The van der Waals surface area contributed by atoms with Crippen molar-refractivity contribution in [3.63, 3.8) is 0 Å². The quantitative estimate of drug-likeness (QED) is 0.0232. The van der Waals surface area contributed by atoms with E-state index in [1.807, 2.05) is 6.07 Å². The topological polar surface area (TPSA) is 183 Å². The minimum absolute atomic E-state index is 0.104. The minimum Gasteiger partial charge on any atom is -0.467 e. The average Bonchev–Trinajstić information content (AvgIpc) is 3.32. The molecule has 3 N–H and O–H groups in total. The van der Waals surface area contributed by atoms with E-state index in [1.54, 1.807) is 36.0 Å². The first-order chi connectivity index (χ1) is 32.9. The third-order valence-electron chi connectivity index (χ3n) is 10.3. The number of ether oxygens (including phenoxy) is 2. The average molecular weight is 989 g/mol. The number of nitrogens with zero attached hydrogens (tertiary/aromatic N) is 1. The number of hydrogen-bond donors (Lipinski definition) is 3. The molecule has 0 saturated heterocycles. The second kappa shape index (κ2) is 36.3. The van der Waals surface area contributed by atoms with Crippen molar-refractivity contribution in [2.45, 2.75) is 119 Å². The number of rotatable bonds is 29. The number of hydrogen-bond acceptors (Lipinski definition) is 11. The highest BCUT2D eigenvalue weighted by Gasteiger charge is 2.23. The van der Waals surface area contributed by atoms with E-state index in [4.69, 9.17) is 9.47 Å². The Morgan fingerprint density at radius 2 is 0.971 bits per heavy atom. The minimum atomic E-state index is -0.808. The maximum Gasteiger partial charge on any atom is 0.329 e. The van der Waals surface area contributed by atoms with Crippen LogP contribution < -0.4 is 16.0 Å². The first kappa shape index (κ1) is 61.3. The molecule has 0 aromatic heterocycles. The van der Waals surface area contributed by atoms with Crippen LogP contribution in [-0.4, -0.2) is 90.4 Å². The van der Waals surface area contributed by atoms with Gasteiger partial charge in [0.15, 0.2) is 0 Å². The summed E-state index contributed by atoms with van der Waals surface area (Å²) in [7, 11) is 2.57. The smallest absolute Gasteiger partial charge is 0.329 e. The monoisotopic (exact) mass is 989 g/mol. The van der Waals surface area contributed by atoms with Gasteiger partial charge in [-0.3, -0.25) is 24.5 Å². The van der Waals surface area contributed by atoms with Gasteiger partial charge >= 0.3 is 11.9 Å². The second-order valence-electron chi connectivity index (χ2n) is 17.0. The lowest BCUT2D eigenvalue weighted by molar-refractivity contribution is -0.384. The number of amides is 3. The van der Waals surface area contributed by atoms with Crippen LogP contribution in [0.3, 0.4) is 0 Å². The zero-order chi connectivity index (χ0) is 51.6. The Morgan fingerprint density at radius 1 is 0.565 bits per heavy atom. The highest BCUT2D eigenvalue weighted by Crippen LogP contribution is 2.16. The molecule has 2 unspecified atom stereocenters. The Balaban J connectivity index is 0.000000690. The maximum absolute atomic E-state index is 12.5. The molecule has 0 bridgehead atoms. The highest BCUT2D eigenvalue weighted by molar-refractivity contribution is 7.99. The number of non-ortho nitro benzene ring substituents is 1. The van der Waals surface area contributed by atoms with Gasteiger partial charge in [0.1, 0.15) is 12.1 Å². The Morgan fingerprint density at radius 3 is 1.39 bits per heavy atom. The molecule has 2 aromatic carbocycles. The van der Waals surface area contributed by atoms with Crippen molar-refractivity contribution < 1.29 is 38.4 Å². The van der Waals surface area contributed by atoms with E-state index in [0.717, 1.165) is 62.9 Å². The summed E-state index contributed by atoms with van der Waals surface area (Å²) in [5, 5.41) is 18.6. The van der Waals surface area contributed by atoms with E-state index in [9.17, 15) is 34.1 Å². The van der Waals surface area contributed by atoms with Crippen LogP contribution in [0.25, 0.3) is 0 Å². The molecule has 2 atom stereocenters. The molecule has 0 saturated carbocycles. The fraction of sp³-hybridized carbons (Fsp3) is 0.463. The Hall–Kier alpha value is -5.67. The molecule has 0 aliphatic heterocycles.